The van der Waals surface area contributed by atoms with Crippen LogP contribution in [0.25, 0.3) is 0 Å². The molecule has 1 aromatic heterocycles. The van der Waals surface area contributed by atoms with E-state index in [1.165, 1.54) is 4.31 Å². The third-order valence-corrected chi connectivity index (χ3v) is 6.21. The first-order valence-corrected chi connectivity index (χ1v) is 9.37. The monoisotopic (exact) mass is 340 g/mol. The number of hydrogen-bond acceptors (Lipinski definition) is 6. The first-order valence-electron chi connectivity index (χ1n) is 6.70. The van der Waals surface area contributed by atoms with E-state index < -0.39 is 10.0 Å². The van der Waals surface area contributed by atoms with E-state index in [0.29, 0.717) is 23.7 Å². The van der Waals surface area contributed by atoms with E-state index >= 15 is 0 Å². The average molecular weight is 340 g/mol. The Labute approximate surface area is 133 Å². The molecule has 3 rings (SSSR count). The molecule has 0 bridgehead atoms. The highest BCUT2D eigenvalue weighted by molar-refractivity contribution is 7.98. The minimum absolute atomic E-state index is 0.0342. The smallest absolute Gasteiger partial charge is 0.243 e. The van der Waals surface area contributed by atoms with Gasteiger partial charge in [-0.15, -0.1) is 16.9 Å². The predicted octanol–water partition coefficient (Wildman–Crippen LogP) is 0.738. The highest BCUT2D eigenvalue weighted by Crippen LogP contribution is 2.28. The molecule has 1 saturated heterocycles. The van der Waals surface area contributed by atoms with Crippen LogP contribution in [0, 0.1) is 0 Å². The fourth-order valence-corrected chi connectivity index (χ4v) is 4.16. The number of nitrogens with zero attached hydrogens (tertiary/aromatic N) is 4. The van der Waals surface area contributed by atoms with Crippen molar-refractivity contribution >= 4 is 21.8 Å². The number of hydrogen-bond donors (Lipinski definition) is 1. The largest absolute Gasteiger partial charge is 0.390 e. The summed E-state index contributed by atoms with van der Waals surface area (Å²) in [6.07, 6.45) is 3.59. The minimum Gasteiger partial charge on any atom is -0.390 e. The maximum absolute atomic E-state index is 12.5. The van der Waals surface area contributed by atoms with Crippen LogP contribution in [0.2, 0.25) is 0 Å². The van der Waals surface area contributed by atoms with Crippen LogP contribution in [0.15, 0.2) is 40.3 Å². The summed E-state index contributed by atoms with van der Waals surface area (Å²) in [5.41, 5.74) is 0.481. The van der Waals surface area contributed by atoms with E-state index in [0.717, 1.165) is 4.90 Å². The lowest BCUT2D eigenvalue weighted by molar-refractivity contribution is 0.188. The molecule has 0 atom stereocenters. The second kappa shape index (κ2) is 5.99. The minimum atomic E-state index is -3.45. The van der Waals surface area contributed by atoms with Crippen molar-refractivity contribution in [2.75, 3.05) is 19.3 Å². The van der Waals surface area contributed by atoms with E-state index in [1.807, 2.05) is 6.26 Å². The van der Waals surface area contributed by atoms with Crippen LogP contribution in [0.4, 0.5) is 0 Å². The molecule has 118 valence electrons. The van der Waals surface area contributed by atoms with Gasteiger partial charge in [-0.1, -0.05) is 5.21 Å². The van der Waals surface area contributed by atoms with E-state index in [4.69, 9.17) is 5.11 Å². The molecule has 1 fully saturated rings. The van der Waals surface area contributed by atoms with E-state index in [2.05, 4.69) is 10.3 Å². The Bertz CT molecular complexity index is 752. The molecule has 1 N–H and O–H groups in total. The zero-order valence-electron chi connectivity index (χ0n) is 12.0. The molecular weight excluding hydrogens is 324 g/mol. The van der Waals surface area contributed by atoms with E-state index in [1.54, 1.807) is 46.9 Å². The van der Waals surface area contributed by atoms with Crippen LogP contribution in [0.1, 0.15) is 11.7 Å². The Morgan fingerprint density at radius 3 is 2.55 bits per heavy atom. The fourth-order valence-electron chi connectivity index (χ4n) is 2.24. The van der Waals surface area contributed by atoms with Crippen LogP contribution >= 0.6 is 11.8 Å². The summed E-state index contributed by atoms with van der Waals surface area (Å²) in [6, 6.07) is 6.84. The van der Waals surface area contributed by atoms with Gasteiger partial charge in [0.25, 0.3) is 0 Å². The van der Waals surface area contributed by atoms with Gasteiger partial charge in [-0.25, -0.2) is 13.1 Å². The molecule has 0 saturated carbocycles. The summed E-state index contributed by atoms with van der Waals surface area (Å²) in [5, 5.41) is 16.7. The van der Waals surface area contributed by atoms with Gasteiger partial charge in [0.05, 0.1) is 23.7 Å². The molecule has 0 spiro atoms. The van der Waals surface area contributed by atoms with Gasteiger partial charge in [0.15, 0.2) is 0 Å². The van der Waals surface area contributed by atoms with Crippen LogP contribution in [0.3, 0.4) is 0 Å². The van der Waals surface area contributed by atoms with Crippen LogP contribution in [-0.4, -0.2) is 52.2 Å². The molecule has 2 aromatic rings. The van der Waals surface area contributed by atoms with Crippen LogP contribution in [0.5, 0.6) is 0 Å². The topological polar surface area (TPSA) is 88.3 Å². The van der Waals surface area contributed by atoms with Crippen molar-refractivity contribution in [1.82, 2.24) is 19.3 Å². The number of rotatable bonds is 5. The highest BCUT2D eigenvalue weighted by atomic mass is 32.2. The van der Waals surface area contributed by atoms with E-state index in [9.17, 15) is 8.42 Å². The van der Waals surface area contributed by atoms with Gasteiger partial charge in [-0.05, 0) is 30.5 Å². The second-order valence-electron chi connectivity index (χ2n) is 5.00. The Balaban J connectivity index is 1.70. The average Bonchev–Trinajstić information content (AvgIpc) is 2.94. The lowest BCUT2D eigenvalue weighted by Crippen LogP contribution is -2.50. The van der Waals surface area contributed by atoms with Crippen molar-refractivity contribution in [1.29, 1.82) is 0 Å². The van der Waals surface area contributed by atoms with Gasteiger partial charge in [0, 0.05) is 18.0 Å². The molecule has 1 aliphatic rings. The summed E-state index contributed by atoms with van der Waals surface area (Å²) in [7, 11) is -3.45. The highest BCUT2D eigenvalue weighted by Gasteiger charge is 2.38. The molecule has 0 unspecified atom stereocenters. The molecule has 0 aliphatic carbocycles. The number of aliphatic hydroxyl groups is 1. The molecule has 2 heterocycles. The van der Waals surface area contributed by atoms with Crippen LogP contribution < -0.4 is 0 Å². The SMILES string of the molecule is CSc1ccc(S(=O)(=O)N2CC(n3cc(CO)nn3)C2)cc1. The summed E-state index contributed by atoms with van der Waals surface area (Å²) in [5.74, 6) is 0. The maximum atomic E-state index is 12.5. The molecular formula is C13H16N4O3S2. The maximum Gasteiger partial charge on any atom is 0.243 e. The Morgan fingerprint density at radius 1 is 1.32 bits per heavy atom. The van der Waals surface area contributed by atoms with Crippen molar-refractivity contribution in [2.24, 2.45) is 0 Å². The first-order chi connectivity index (χ1) is 10.5. The fraction of sp³-hybridized carbons (Fsp3) is 0.385. The summed E-state index contributed by atoms with van der Waals surface area (Å²) < 4.78 is 28.0. The van der Waals surface area contributed by atoms with Crippen LogP contribution in [-0.2, 0) is 16.6 Å². The molecule has 1 aromatic carbocycles. The zero-order chi connectivity index (χ0) is 15.7. The summed E-state index contributed by atoms with van der Waals surface area (Å²) in [6.45, 7) is 0.554. The molecule has 7 nitrogen and oxygen atoms in total. The molecule has 0 radical (unpaired) electrons. The Morgan fingerprint density at radius 2 is 2.00 bits per heavy atom. The third kappa shape index (κ3) is 2.76. The van der Waals surface area contributed by atoms with Crippen molar-refractivity contribution in [3.05, 3.63) is 36.2 Å². The predicted molar refractivity (Wildman–Crippen MR) is 82.0 cm³/mol. The standard InChI is InChI=1S/C13H16N4O3S2/c1-21-12-2-4-13(5-3-12)22(19,20)16-7-11(8-16)17-6-10(9-18)14-15-17/h2-6,11,18H,7-9H2,1H3. The number of sulfonamides is 1. The zero-order valence-corrected chi connectivity index (χ0v) is 13.6. The number of aromatic nitrogens is 3. The van der Waals surface area contributed by atoms with Gasteiger partial charge in [0.1, 0.15) is 5.69 Å². The quantitative estimate of drug-likeness (QED) is 0.808. The van der Waals surface area contributed by atoms with Crippen molar-refractivity contribution in [2.45, 2.75) is 22.4 Å². The lowest BCUT2D eigenvalue weighted by atomic mass is 10.2. The first kappa shape index (κ1) is 15.5. The van der Waals surface area contributed by atoms with Gasteiger partial charge < -0.3 is 5.11 Å². The molecule has 22 heavy (non-hydrogen) atoms. The normalized spacial score (nSPS) is 16.6. The van der Waals surface area contributed by atoms with Gasteiger partial charge in [-0.3, -0.25) is 0 Å². The summed E-state index contributed by atoms with van der Waals surface area (Å²) >= 11 is 1.57. The van der Waals surface area contributed by atoms with Crippen molar-refractivity contribution in [3.63, 3.8) is 0 Å². The van der Waals surface area contributed by atoms with Crippen molar-refractivity contribution in [3.8, 4) is 0 Å². The second-order valence-corrected chi connectivity index (χ2v) is 7.82. The number of aliphatic hydroxyl groups excluding tert-OH is 1. The molecule has 1 aliphatic heterocycles. The van der Waals surface area contributed by atoms with Crippen molar-refractivity contribution < 1.29 is 13.5 Å². The Kier molecular flexibility index (Phi) is 4.22. The third-order valence-electron chi connectivity index (χ3n) is 3.62. The van der Waals surface area contributed by atoms with E-state index in [-0.39, 0.29) is 12.6 Å². The lowest BCUT2D eigenvalue weighted by Gasteiger charge is -2.37. The van der Waals surface area contributed by atoms with Gasteiger partial charge in [0.2, 0.25) is 10.0 Å². The number of benzene rings is 1. The molecule has 9 heteroatoms. The summed E-state index contributed by atoms with van der Waals surface area (Å²) in [4.78, 5) is 1.33. The van der Waals surface area contributed by atoms with Gasteiger partial charge >= 0.3 is 0 Å². The van der Waals surface area contributed by atoms with Gasteiger partial charge in [-0.2, -0.15) is 4.31 Å². The molecule has 0 amide bonds. The Hall–Kier alpha value is -1.42. The number of thioether (sulfide) groups is 1.